The van der Waals surface area contributed by atoms with E-state index in [4.69, 9.17) is 19.6 Å². The van der Waals surface area contributed by atoms with Gasteiger partial charge in [-0.25, -0.2) is 9.97 Å². The topological polar surface area (TPSA) is 151 Å². The van der Waals surface area contributed by atoms with E-state index in [2.05, 4.69) is 60.3 Å². The van der Waals surface area contributed by atoms with Gasteiger partial charge in [-0.15, -0.1) is 0 Å². The Hall–Kier alpha value is -4.36. The zero-order chi connectivity index (χ0) is 33.7. The Kier molecular flexibility index (Phi) is 8.55. The van der Waals surface area contributed by atoms with Crippen LogP contribution < -0.4 is 21.4 Å². The largest absolute Gasteiger partial charge is 0.456 e. The maximum atomic E-state index is 13.2. The molecule has 47 heavy (non-hydrogen) atoms. The fraction of sp³-hybridized carbons (Fsp3) is 0.371. The van der Waals surface area contributed by atoms with Crippen molar-refractivity contribution in [3.05, 3.63) is 84.8 Å². The summed E-state index contributed by atoms with van der Waals surface area (Å²) in [5.41, 5.74) is 5.18. The lowest BCUT2D eigenvalue weighted by molar-refractivity contribution is -0.171. The number of hydrogen-bond donors (Lipinski definition) is 3. The molecule has 2 aromatic carbocycles. The first-order chi connectivity index (χ1) is 22.3. The quantitative estimate of drug-likeness (QED) is 0.192. The molecule has 0 bridgehead atoms. The van der Waals surface area contributed by atoms with E-state index in [0.717, 1.165) is 10.4 Å². The number of nitrogens with one attached hydrogen (secondary N) is 1. The lowest BCUT2D eigenvalue weighted by atomic mass is 9.82. The highest BCUT2D eigenvalue weighted by Crippen LogP contribution is 2.47. The van der Waals surface area contributed by atoms with Crippen LogP contribution in [-0.4, -0.2) is 64.5 Å². The Labute approximate surface area is 275 Å². The van der Waals surface area contributed by atoms with Gasteiger partial charge in [-0.05, 0) is 22.7 Å². The summed E-state index contributed by atoms with van der Waals surface area (Å²) in [5.74, 6) is -1.03. The van der Waals surface area contributed by atoms with Crippen LogP contribution in [0, 0.1) is 11.3 Å². The predicted octanol–water partition coefficient (Wildman–Crippen LogP) is 2.87. The molecular weight excluding hydrogens is 615 g/mol. The first-order valence-electron chi connectivity index (χ1n) is 15.7. The molecule has 1 amide bonds. The number of nitrogens with two attached hydrogens (primary N) is 1. The number of esters is 1. The number of carbonyl (C=O) groups excluding carboxylic acids is 2. The second-order valence-corrected chi connectivity index (χ2v) is 16.1. The average molecular weight is 656 g/mol. The molecule has 6 rings (SSSR count). The second kappa shape index (κ2) is 12.3. The number of rotatable bonds is 8. The molecule has 2 aliphatic heterocycles. The summed E-state index contributed by atoms with van der Waals surface area (Å²) in [6.07, 6.45) is 0.589. The molecule has 4 heterocycles. The van der Waals surface area contributed by atoms with Gasteiger partial charge < -0.3 is 34.6 Å². The summed E-state index contributed by atoms with van der Waals surface area (Å²) in [4.78, 5) is 34.4. The summed E-state index contributed by atoms with van der Waals surface area (Å²) in [6, 6.07) is 20.2. The van der Waals surface area contributed by atoms with Crippen molar-refractivity contribution in [2.75, 3.05) is 5.32 Å². The van der Waals surface area contributed by atoms with Gasteiger partial charge >= 0.3 is 5.97 Å². The molecule has 1 saturated heterocycles. The van der Waals surface area contributed by atoms with Gasteiger partial charge in [0.2, 0.25) is 9.04 Å². The van der Waals surface area contributed by atoms with Crippen LogP contribution in [0.3, 0.4) is 0 Å². The number of aliphatic hydroxyl groups is 1. The number of ether oxygens (including phenoxy) is 2. The van der Waals surface area contributed by atoms with Crippen molar-refractivity contribution in [1.29, 1.82) is 0 Å². The second-order valence-electron chi connectivity index (χ2n) is 13.8. The number of anilines is 1. The highest BCUT2D eigenvalue weighted by Gasteiger charge is 2.60. The molecular formula is C35H41N5O6Si. The van der Waals surface area contributed by atoms with Crippen LogP contribution in [-0.2, 0) is 23.5 Å². The normalized spacial score (nSPS) is 23.5. The van der Waals surface area contributed by atoms with Gasteiger partial charge in [0.05, 0.1) is 17.4 Å². The van der Waals surface area contributed by atoms with Crippen molar-refractivity contribution >= 4 is 53.8 Å². The summed E-state index contributed by atoms with van der Waals surface area (Å²) in [5, 5.41) is 17.8. The molecule has 2 aromatic heterocycles. The van der Waals surface area contributed by atoms with Crippen molar-refractivity contribution in [1.82, 2.24) is 14.5 Å². The van der Waals surface area contributed by atoms with E-state index in [9.17, 15) is 14.7 Å². The maximum Gasteiger partial charge on any atom is 0.308 e. The highest BCUT2D eigenvalue weighted by molar-refractivity contribution is 6.80. The van der Waals surface area contributed by atoms with Gasteiger partial charge in [0.1, 0.15) is 29.5 Å². The Morgan fingerprint density at radius 2 is 1.70 bits per heavy atom. The van der Waals surface area contributed by atoms with Crippen LogP contribution >= 0.6 is 0 Å². The van der Waals surface area contributed by atoms with Crippen LogP contribution in [0.1, 0.15) is 53.3 Å². The van der Waals surface area contributed by atoms with Gasteiger partial charge in [0, 0.05) is 23.5 Å². The van der Waals surface area contributed by atoms with E-state index in [-0.39, 0.29) is 11.5 Å². The average Bonchev–Trinajstić information content (AvgIpc) is 3.48. The smallest absolute Gasteiger partial charge is 0.308 e. The van der Waals surface area contributed by atoms with Crippen LogP contribution in [0.5, 0.6) is 0 Å². The van der Waals surface area contributed by atoms with E-state index in [1.54, 1.807) is 31.5 Å². The number of benzene rings is 2. The minimum atomic E-state index is -2.34. The Bertz CT molecular complexity index is 1780. The molecule has 4 N–H and O–H groups in total. The van der Waals surface area contributed by atoms with Crippen LogP contribution in [0.25, 0.3) is 16.7 Å². The SMILES string of the molecule is CC(C)C(=O)OC1C(C(O[SiH](c2ccccc2)c2ccccc2)C(C)(C)C)OC(n2cc3c4c(ncnc42)NC(=O)C=C3N)C1(C)O. The van der Waals surface area contributed by atoms with Crippen molar-refractivity contribution in [2.45, 2.75) is 71.7 Å². The number of nitrogens with zero attached hydrogens (tertiary/aromatic N) is 3. The molecule has 4 aromatic rings. The molecule has 5 unspecified atom stereocenters. The predicted molar refractivity (Wildman–Crippen MR) is 181 cm³/mol. The standard InChI is InChI=1S/C35H41N5O6Si/c1-20(2)32(42)45-29-27(28(34(3,4)5)46-47(21-13-9-7-10-14-21)22-15-11-8-12-16-22)44-33(35(29,6)43)40-18-23-24(36)17-25(41)39-30-26(23)31(40)38-19-37-30/h7-20,27-29,33,43,47H,36H2,1-6H3,(H,37,38,39,41). The van der Waals surface area contributed by atoms with Gasteiger partial charge in [-0.1, -0.05) is 95.3 Å². The molecule has 11 nitrogen and oxygen atoms in total. The van der Waals surface area contributed by atoms with E-state index < -0.39 is 62.4 Å². The molecule has 246 valence electrons. The first-order valence-corrected chi connectivity index (χ1v) is 17.4. The van der Waals surface area contributed by atoms with E-state index in [1.165, 1.54) is 12.4 Å². The molecule has 12 heteroatoms. The lowest BCUT2D eigenvalue weighted by Crippen LogP contribution is -2.57. The van der Waals surface area contributed by atoms with Gasteiger partial charge in [0.15, 0.2) is 12.3 Å². The fourth-order valence-electron chi connectivity index (χ4n) is 6.33. The zero-order valence-electron chi connectivity index (χ0n) is 27.4. The summed E-state index contributed by atoms with van der Waals surface area (Å²) in [6.45, 7) is 11.2. The highest BCUT2D eigenvalue weighted by atomic mass is 28.3. The monoisotopic (exact) mass is 655 g/mol. The number of carbonyl (C=O) groups is 2. The summed E-state index contributed by atoms with van der Waals surface area (Å²) >= 11 is 0. The lowest BCUT2D eigenvalue weighted by Gasteiger charge is -2.40. The Morgan fingerprint density at radius 3 is 2.28 bits per heavy atom. The Balaban J connectivity index is 1.48. The third kappa shape index (κ3) is 6.09. The van der Waals surface area contributed by atoms with Gasteiger partial charge in [0.25, 0.3) is 5.91 Å². The third-order valence-corrected chi connectivity index (χ3v) is 11.3. The van der Waals surface area contributed by atoms with Gasteiger partial charge in [-0.3, -0.25) is 9.59 Å². The molecule has 0 spiro atoms. The minimum Gasteiger partial charge on any atom is -0.456 e. The zero-order valence-corrected chi connectivity index (χ0v) is 28.5. The number of hydrogen-bond acceptors (Lipinski definition) is 9. The minimum absolute atomic E-state index is 0.215. The van der Waals surface area contributed by atoms with Crippen LogP contribution in [0.4, 0.5) is 5.82 Å². The summed E-state index contributed by atoms with van der Waals surface area (Å²) in [7, 11) is -2.34. The van der Waals surface area contributed by atoms with E-state index >= 15 is 0 Å². The number of aromatic nitrogens is 3. The van der Waals surface area contributed by atoms with Crippen molar-refractivity contribution < 1.29 is 28.6 Å². The van der Waals surface area contributed by atoms with Crippen LogP contribution in [0.2, 0.25) is 0 Å². The van der Waals surface area contributed by atoms with Crippen molar-refractivity contribution in [3.63, 3.8) is 0 Å². The first kappa shape index (κ1) is 32.6. The third-order valence-electron chi connectivity index (χ3n) is 8.72. The molecule has 0 radical (unpaired) electrons. The summed E-state index contributed by atoms with van der Waals surface area (Å²) < 4.78 is 21.9. The molecule has 5 atom stereocenters. The maximum absolute atomic E-state index is 13.2. The molecule has 0 aliphatic carbocycles. The van der Waals surface area contributed by atoms with E-state index in [1.807, 2.05) is 36.4 Å². The van der Waals surface area contributed by atoms with Crippen LogP contribution in [0.15, 0.2) is 79.3 Å². The van der Waals surface area contributed by atoms with Gasteiger partial charge in [-0.2, -0.15) is 0 Å². The molecule has 2 aliphatic rings. The van der Waals surface area contributed by atoms with Crippen molar-refractivity contribution in [2.24, 2.45) is 17.1 Å². The van der Waals surface area contributed by atoms with E-state index in [0.29, 0.717) is 16.6 Å². The molecule has 1 fully saturated rings. The fourth-order valence-corrected chi connectivity index (χ4v) is 9.03. The molecule has 0 saturated carbocycles. The Morgan fingerprint density at radius 1 is 1.09 bits per heavy atom. The van der Waals surface area contributed by atoms with Crippen molar-refractivity contribution in [3.8, 4) is 0 Å². The number of amides is 1.